The maximum atomic E-state index is 16.7. The number of aryl methyl sites for hydroxylation is 4. The normalized spacial score (nSPS) is 13.8. The number of hydrogen-bond donors (Lipinski definition) is 0. The standard InChI is InChI=1S/C76H64F4N2/c1-45-11-27-56(28-12-45)81(57-29-13-46(2)14-30-57)50(6)20-19-49(5)52-23-37-61-63-39-25-54(43-67(63)75(7,8)65(61)41-52)69-71(77)73(79)70(74(80)72(69)78)55-26-40-64-62-38-24-53(42-66(62)76(9,10)68(64)44-55)51-21-35-60(36-22-51)82(58-31-15-47(3)16-32-58)59-33-17-48(4)18-34-59/h11-44H,1-10H3. The van der Waals surface area contributed by atoms with E-state index in [0.717, 1.165) is 101 Å². The third-order valence-electron chi connectivity index (χ3n) is 17.2. The van der Waals surface area contributed by atoms with E-state index in [9.17, 15) is 0 Å². The van der Waals surface area contributed by atoms with Crippen LogP contribution in [0.25, 0.3) is 61.2 Å². The van der Waals surface area contributed by atoms with Crippen LogP contribution in [0.1, 0.15) is 91.6 Å². The van der Waals surface area contributed by atoms with Crippen molar-refractivity contribution in [1.82, 2.24) is 0 Å². The van der Waals surface area contributed by atoms with Crippen LogP contribution in [0.4, 0.5) is 46.0 Å². The lowest BCUT2D eigenvalue weighted by molar-refractivity contribution is 0.463. The lowest BCUT2D eigenvalue weighted by Crippen LogP contribution is -2.15. The maximum Gasteiger partial charge on any atom is 0.170 e. The Morgan fingerprint density at radius 3 is 1.04 bits per heavy atom. The minimum absolute atomic E-state index is 0.0627. The number of fused-ring (bicyclic) bond motifs is 6. The fraction of sp³-hybridized carbons (Fsp3) is 0.158. The third-order valence-corrected chi connectivity index (χ3v) is 17.2. The predicted molar refractivity (Wildman–Crippen MR) is 334 cm³/mol. The monoisotopic (exact) mass is 1080 g/mol. The van der Waals surface area contributed by atoms with E-state index < -0.39 is 45.2 Å². The van der Waals surface area contributed by atoms with Crippen LogP contribution in [0.15, 0.2) is 212 Å². The first-order chi connectivity index (χ1) is 39.3. The molecule has 0 fully saturated rings. The first kappa shape index (κ1) is 53.6. The average molecular weight is 1080 g/mol. The number of rotatable bonds is 11. The van der Waals surface area contributed by atoms with Gasteiger partial charge in [0.25, 0.3) is 0 Å². The van der Waals surface area contributed by atoms with Gasteiger partial charge in [-0.3, -0.25) is 0 Å². The van der Waals surface area contributed by atoms with Gasteiger partial charge < -0.3 is 9.80 Å². The number of nitrogens with zero attached hydrogens (tertiary/aromatic N) is 2. The van der Waals surface area contributed by atoms with E-state index in [1.54, 1.807) is 24.3 Å². The van der Waals surface area contributed by atoms with Crippen LogP contribution in [-0.4, -0.2) is 0 Å². The van der Waals surface area contributed by atoms with E-state index in [0.29, 0.717) is 0 Å². The molecule has 82 heavy (non-hydrogen) atoms. The van der Waals surface area contributed by atoms with Crippen molar-refractivity contribution in [2.24, 2.45) is 0 Å². The summed E-state index contributed by atoms with van der Waals surface area (Å²) in [6.07, 6.45) is 4.26. The highest BCUT2D eigenvalue weighted by molar-refractivity contribution is 5.89. The molecule has 0 spiro atoms. The fourth-order valence-electron chi connectivity index (χ4n) is 12.3. The minimum Gasteiger partial charge on any atom is -0.315 e. The zero-order valence-corrected chi connectivity index (χ0v) is 48.0. The van der Waals surface area contributed by atoms with Crippen molar-refractivity contribution in [2.45, 2.75) is 80.1 Å². The topological polar surface area (TPSA) is 6.48 Å². The molecule has 0 aromatic heterocycles. The van der Waals surface area contributed by atoms with Crippen molar-refractivity contribution >= 4 is 34.0 Å². The number of anilines is 5. The molecule has 6 heteroatoms. The van der Waals surface area contributed by atoms with Gasteiger partial charge >= 0.3 is 0 Å². The van der Waals surface area contributed by atoms with Gasteiger partial charge in [-0.05, 0) is 210 Å². The van der Waals surface area contributed by atoms with Crippen LogP contribution in [0.5, 0.6) is 0 Å². The highest BCUT2D eigenvalue weighted by Crippen LogP contribution is 2.53. The summed E-state index contributed by atoms with van der Waals surface area (Å²) in [6, 6.07) is 65.4. The van der Waals surface area contributed by atoms with Gasteiger partial charge in [0, 0.05) is 45.0 Å². The lowest BCUT2D eigenvalue weighted by atomic mass is 9.80. The molecular weight excluding hydrogens is 1020 g/mol. The van der Waals surface area contributed by atoms with E-state index >= 15 is 17.6 Å². The average Bonchev–Trinajstić information content (AvgIpc) is 3.97. The van der Waals surface area contributed by atoms with E-state index in [1.807, 2.05) is 12.1 Å². The smallest absolute Gasteiger partial charge is 0.170 e. The summed E-state index contributed by atoms with van der Waals surface area (Å²) in [5.41, 5.74) is 20.2. The summed E-state index contributed by atoms with van der Waals surface area (Å²) >= 11 is 0. The van der Waals surface area contributed by atoms with E-state index in [-0.39, 0.29) is 11.1 Å². The molecule has 0 bridgehead atoms. The molecule has 0 radical (unpaired) electrons. The molecule has 2 aliphatic carbocycles. The molecule has 10 aromatic carbocycles. The molecule has 2 aliphatic rings. The number of benzene rings is 10. The minimum atomic E-state index is -1.43. The van der Waals surface area contributed by atoms with Gasteiger partial charge in [0.05, 0.1) is 11.1 Å². The lowest BCUT2D eigenvalue weighted by Gasteiger charge is -2.26. The first-order valence-electron chi connectivity index (χ1n) is 28.1. The highest BCUT2D eigenvalue weighted by Gasteiger charge is 2.39. The Labute approximate surface area is 480 Å². The zero-order valence-electron chi connectivity index (χ0n) is 48.0. The Morgan fingerprint density at radius 1 is 0.341 bits per heavy atom. The largest absolute Gasteiger partial charge is 0.315 e. The van der Waals surface area contributed by atoms with Gasteiger partial charge in [-0.25, -0.2) is 17.6 Å². The first-order valence-corrected chi connectivity index (χ1v) is 28.1. The van der Waals surface area contributed by atoms with Crippen molar-refractivity contribution in [1.29, 1.82) is 0 Å². The molecule has 0 aliphatic heterocycles. The number of halogens is 4. The molecular formula is C76H64F4N2. The van der Waals surface area contributed by atoms with Gasteiger partial charge in [-0.1, -0.05) is 165 Å². The Morgan fingerprint density at radius 2 is 0.646 bits per heavy atom. The van der Waals surface area contributed by atoms with Crippen LogP contribution in [0, 0.1) is 51.0 Å². The molecule has 0 heterocycles. The molecule has 10 aromatic rings. The second-order valence-electron chi connectivity index (χ2n) is 23.5. The van der Waals surface area contributed by atoms with Crippen LogP contribution in [0.3, 0.4) is 0 Å². The molecule has 0 unspecified atom stereocenters. The summed E-state index contributed by atoms with van der Waals surface area (Å²) in [7, 11) is 0. The number of allylic oxidation sites excluding steroid dienone is 4. The summed E-state index contributed by atoms with van der Waals surface area (Å²) in [6.45, 7) is 20.8. The third kappa shape index (κ3) is 9.24. The molecule has 0 saturated carbocycles. The van der Waals surface area contributed by atoms with E-state index in [4.69, 9.17) is 0 Å². The molecule has 0 atom stereocenters. The molecule has 12 rings (SSSR count). The molecule has 0 N–H and O–H groups in total. The Bertz CT molecular complexity index is 4100. The van der Waals surface area contributed by atoms with Crippen LogP contribution >= 0.6 is 0 Å². The van der Waals surface area contributed by atoms with Gasteiger partial charge in [-0.2, -0.15) is 0 Å². The second-order valence-corrected chi connectivity index (χ2v) is 23.5. The summed E-state index contributed by atoms with van der Waals surface area (Å²) in [5, 5.41) is 0. The Kier molecular flexibility index (Phi) is 13.4. The molecule has 0 amide bonds. The van der Waals surface area contributed by atoms with Gasteiger partial charge in [0.2, 0.25) is 0 Å². The summed E-state index contributed by atoms with van der Waals surface area (Å²) in [4.78, 5) is 4.49. The van der Waals surface area contributed by atoms with Crippen LogP contribution in [0.2, 0.25) is 0 Å². The molecule has 0 saturated heterocycles. The van der Waals surface area contributed by atoms with Crippen LogP contribution in [-0.2, 0) is 10.8 Å². The molecule has 2 nitrogen and oxygen atoms in total. The predicted octanol–water partition coefficient (Wildman–Crippen LogP) is 21.7. The fourth-order valence-corrected chi connectivity index (χ4v) is 12.3. The number of hydrogen-bond acceptors (Lipinski definition) is 2. The maximum absolute atomic E-state index is 16.7. The van der Waals surface area contributed by atoms with Gasteiger partial charge in [-0.15, -0.1) is 0 Å². The second kappa shape index (κ2) is 20.5. The Hall–Kier alpha value is -9.00. The van der Waals surface area contributed by atoms with Gasteiger partial charge in [0.1, 0.15) is 0 Å². The van der Waals surface area contributed by atoms with Crippen molar-refractivity contribution < 1.29 is 17.6 Å². The Balaban J connectivity index is 0.811. The van der Waals surface area contributed by atoms with Gasteiger partial charge in [0.15, 0.2) is 23.3 Å². The van der Waals surface area contributed by atoms with E-state index in [1.165, 1.54) is 22.3 Å². The van der Waals surface area contributed by atoms with Crippen LogP contribution < -0.4 is 9.80 Å². The summed E-state index contributed by atoms with van der Waals surface area (Å²) in [5.74, 6) is -5.74. The zero-order chi connectivity index (χ0) is 57.5. The quantitative estimate of drug-likeness (QED) is 0.0724. The summed E-state index contributed by atoms with van der Waals surface area (Å²) < 4.78 is 67.0. The van der Waals surface area contributed by atoms with Crippen molar-refractivity contribution in [2.75, 3.05) is 9.80 Å². The SMILES string of the molecule is CC(=CC=C(C)N(c1ccc(C)cc1)c1ccc(C)cc1)c1ccc2c(c1)C(C)(C)c1cc(-c3c(F)c(F)c(-c4ccc5c(c4)C(C)(C)c4cc(-c6ccc(N(c7ccc(C)cc7)c7ccc(C)cc7)cc6)ccc4-5)c(F)c3F)ccc1-2. The van der Waals surface area contributed by atoms with E-state index in [2.05, 4.69) is 249 Å². The van der Waals surface area contributed by atoms with Crippen molar-refractivity contribution in [3.05, 3.63) is 285 Å². The molecule has 406 valence electrons. The van der Waals surface area contributed by atoms with Crippen molar-refractivity contribution in [3.8, 4) is 55.6 Å². The highest BCUT2D eigenvalue weighted by atomic mass is 19.2. The van der Waals surface area contributed by atoms with Crippen molar-refractivity contribution in [3.63, 3.8) is 0 Å².